The van der Waals surface area contributed by atoms with E-state index in [1.54, 1.807) is 16.9 Å². The zero-order valence-corrected chi connectivity index (χ0v) is 13.9. The Bertz CT molecular complexity index is 1090. The summed E-state index contributed by atoms with van der Waals surface area (Å²) in [6, 6.07) is 11.6. The molecule has 0 unspecified atom stereocenters. The first kappa shape index (κ1) is 15.5. The van der Waals surface area contributed by atoms with Crippen LogP contribution in [0.5, 0.6) is 0 Å². The number of H-pyrrole nitrogens is 1. The van der Waals surface area contributed by atoms with Crippen LogP contribution < -0.4 is 5.32 Å². The quantitative estimate of drug-likeness (QED) is 0.590. The summed E-state index contributed by atoms with van der Waals surface area (Å²) < 4.78 is 1.68. The lowest BCUT2D eigenvalue weighted by molar-refractivity contribution is 0.768. The molecule has 0 aliphatic carbocycles. The highest BCUT2D eigenvalue weighted by Gasteiger charge is 2.10. The molecule has 126 valence electrons. The molecular weight excluding hydrogens is 328 g/mol. The molecule has 0 saturated heterocycles. The Morgan fingerprint density at radius 2 is 2.15 bits per heavy atom. The Balaban J connectivity index is 1.67. The monoisotopic (exact) mass is 342 g/mol. The van der Waals surface area contributed by atoms with Crippen LogP contribution in [0.3, 0.4) is 0 Å². The summed E-state index contributed by atoms with van der Waals surface area (Å²) in [5.74, 6) is 0.899. The molecule has 0 fully saturated rings. The van der Waals surface area contributed by atoms with E-state index in [0.29, 0.717) is 17.3 Å². The smallest absolute Gasteiger partial charge is 0.230 e. The largest absolute Gasteiger partial charge is 0.361 e. The van der Waals surface area contributed by atoms with Gasteiger partial charge in [-0.05, 0) is 18.2 Å². The predicted molar refractivity (Wildman–Crippen MR) is 96.3 cm³/mol. The van der Waals surface area contributed by atoms with Crippen LogP contribution in [0, 0.1) is 11.3 Å². The van der Waals surface area contributed by atoms with Gasteiger partial charge in [-0.2, -0.15) is 15.3 Å². The fourth-order valence-corrected chi connectivity index (χ4v) is 2.62. The molecule has 0 atom stereocenters. The van der Waals surface area contributed by atoms with Gasteiger partial charge in [0.25, 0.3) is 0 Å². The van der Waals surface area contributed by atoms with E-state index < -0.39 is 0 Å². The van der Waals surface area contributed by atoms with Crippen molar-refractivity contribution in [3.63, 3.8) is 0 Å². The van der Waals surface area contributed by atoms with E-state index in [-0.39, 0.29) is 0 Å². The first-order valence-corrected chi connectivity index (χ1v) is 7.86. The number of rotatable bonds is 4. The number of aryl methyl sites for hydroxylation is 1. The number of aromatic nitrogens is 6. The first-order chi connectivity index (χ1) is 12.7. The third-order valence-electron chi connectivity index (χ3n) is 3.82. The number of nitrogens with zero attached hydrogens (tertiary/aromatic N) is 6. The maximum absolute atomic E-state index is 9.50. The molecule has 0 bridgehead atoms. The molecule has 0 aliphatic rings. The molecule has 26 heavy (non-hydrogen) atoms. The Morgan fingerprint density at radius 1 is 1.23 bits per heavy atom. The summed E-state index contributed by atoms with van der Waals surface area (Å²) in [6.07, 6.45) is 6.77. The molecule has 4 rings (SSSR count). The summed E-state index contributed by atoms with van der Waals surface area (Å²) >= 11 is 0. The molecule has 0 saturated carbocycles. The van der Waals surface area contributed by atoms with E-state index >= 15 is 0 Å². The third kappa shape index (κ3) is 3.01. The molecule has 3 heterocycles. The highest BCUT2D eigenvalue weighted by Crippen LogP contribution is 2.26. The average molecular weight is 342 g/mol. The highest BCUT2D eigenvalue weighted by atomic mass is 15.3. The molecule has 0 radical (unpaired) electrons. The van der Waals surface area contributed by atoms with Crippen LogP contribution in [0.15, 0.2) is 55.2 Å². The maximum atomic E-state index is 9.50. The molecule has 8 heteroatoms. The summed E-state index contributed by atoms with van der Waals surface area (Å²) in [5, 5.41) is 16.7. The Kier molecular flexibility index (Phi) is 3.88. The van der Waals surface area contributed by atoms with Gasteiger partial charge in [0, 0.05) is 36.3 Å². The minimum Gasteiger partial charge on any atom is -0.361 e. The zero-order valence-electron chi connectivity index (χ0n) is 13.9. The van der Waals surface area contributed by atoms with Crippen molar-refractivity contribution in [1.82, 2.24) is 29.7 Å². The van der Waals surface area contributed by atoms with Crippen LogP contribution in [0.4, 0.5) is 11.6 Å². The average Bonchev–Trinajstić information content (AvgIpc) is 3.33. The van der Waals surface area contributed by atoms with E-state index in [9.17, 15) is 5.26 Å². The summed E-state index contributed by atoms with van der Waals surface area (Å²) in [6.45, 7) is 0. The standard InChI is InChI=1S/C18H14N8/c1-26-10-14(9-23-26)24-18-22-11-21-17(25-18)12-4-5-15(13(7-12)8-19)16-3-2-6-20-16/h2-7,9-11,20H,1H3,(H,21,22,24,25). The van der Waals surface area contributed by atoms with Gasteiger partial charge in [-0.1, -0.05) is 12.1 Å². The van der Waals surface area contributed by atoms with Crippen molar-refractivity contribution >= 4 is 11.6 Å². The van der Waals surface area contributed by atoms with E-state index in [0.717, 1.165) is 22.5 Å². The number of hydrogen-bond donors (Lipinski definition) is 2. The van der Waals surface area contributed by atoms with Gasteiger partial charge >= 0.3 is 0 Å². The molecule has 2 N–H and O–H groups in total. The maximum Gasteiger partial charge on any atom is 0.230 e. The SMILES string of the molecule is Cn1cc(Nc2ncnc(-c3ccc(-c4ccc[nH]4)c(C#N)c3)n2)cn1. The van der Waals surface area contributed by atoms with Crippen LogP contribution >= 0.6 is 0 Å². The van der Waals surface area contributed by atoms with Gasteiger partial charge in [-0.25, -0.2) is 9.97 Å². The van der Waals surface area contributed by atoms with Crippen molar-refractivity contribution in [2.75, 3.05) is 5.32 Å². The summed E-state index contributed by atoms with van der Waals surface area (Å²) in [5.41, 5.74) is 3.80. The summed E-state index contributed by atoms with van der Waals surface area (Å²) in [7, 11) is 1.83. The number of benzene rings is 1. The lowest BCUT2D eigenvalue weighted by atomic mass is 10.0. The van der Waals surface area contributed by atoms with Crippen molar-refractivity contribution in [2.45, 2.75) is 0 Å². The van der Waals surface area contributed by atoms with Crippen molar-refractivity contribution < 1.29 is 0 Å². The van der Waals surface area contributed by atoms with Gasteiger partial charge in [0.1, 0.15) is 6.33 Å². The van der Waals surface area contributed by atoms with Gasteiger partial charge in [0.05, 0.1) is 23.5 Å². The molecule has 4 aromatic rings. The van der Waals surface area contributed by atoms with E-state index in [2.05, 4.69) is 36.4 Å². The molecule has 0 spiro atoms. The van der Waals surface area contributed by atoms with Gasteiger partial charge < -0.3 is 10.3 Å². The van der Waals surface area contributed by atoms with Crippen LogP contribution in [0.1, 0.15) is 5.56 Å². The molecule has 0 aliphatic heterocycles. The van der Waals surface area contributed by atoms with Gasteiger partial charge in [-0.15, -0.1) is 0 Å². The van der Waals surface area contributed by atoms with E-state index in [4.69, 9.17) is 0 Å². The van der Waals surface area contributed by atoms with Crippen molar-refractivity contribution in [3.05, 3.63) is 60.8 Å². The zero-order chi connectivity index (χ0) is 17.9. The second-order valence-corrected chi connectivity index (χ2v) is 5.62. The number of nitrogens with one attached hydrogen (secondary N) is 2. The molecular formula is C18H14N8. The topological polar surface area (TPSA) is 108 Å². The third-order valence-corrected chi connectivity index (χ3v) is 3.82. The number of nitriles is 1. The van der Waals surface area contributed by atoms with Crippen LogP contribution in [0.2, 0.25) is 0 Å². The summed E-state index contributed by atoms with van der Waals surface area (Å²) in [4.78, 5) is 15.9. The van der Waals surface area contributed by atoms with Crippen molar-refractivity contribution in [1.29, 1.82) is 5.26 Å². The number of hydrogen-bond acceptors (Lipinski definition) is 6. The molecule has 0 amide bonds. The van der Waals surface area contributed by atoms with Crippen LogP contribution in [0.25, 0.3) is 22.6 Å². The Hall–Kier alpha value is -3.99. The lowest BCUT2D eigenvalue weighted by Gasteiger charge is -2.07. The minimum absolute atomic E-state index is 0.412. The van der Waals surface area contributed by atoms with Crippen LogP contribution in [-0.4, -0.2) is 29.7 Å². The Morgan fingerprint density at radius 3 is 2.88 bits per heavy atom. The van der Waals surface area contributed by atoms with Gasteiger partial charge in [-0.3, -0.25) is 4.68 Å². The van der Waals surface area contributed by atoms with Gasteiger partial charge in [0.2, 0.25) is 5.95 Å². The first-order valence-electron chi connectivity index (χ1n) is 7.86. The molecule has 1 aromatic carbocycles. The minimum atomic E-state index is 0.412. The van der Waals surface area contributed by atoms with Crippen molar-refractivity contribution in [2.24, 2.45) is 7.05 Å². The lowest BCUT2D eigenvalue weighted by Crippen LogP contribution is -2.00. The Labute approximate surface area is 149 Å². The van der Waals surface area contributed by atoms with Gasteiger partial charge in [0.15, 0.2) is 5.82 Å². The fourth-order valence-electron chi connectivity index (χ4n) is 2.62. The number of aromatic amines is 1. The normalized spacial score (nSPS) is 10.5. The molecule has 3 aromatic heterocycles. The van der Waals surface area contributed by atoms with Crippen molar-refractivity contribution in [3.8, 4) is 28.7 Å². The predicted octanol–water partition coefficient (Wildman–Crippen LogP) is 2.88. The second kappa shape index (κ2) is 6.49. The highest BCUT2D eigenvalue weighted by molar-refractivity contribution is 5.72. The van der Waals surface area contributed by atoms with E-state index in [1.165, 1.54) is 6.33 Å². The molecule has 8 nitrogen and oxygen atoms in total. The number of anilines is 2. The van der Waals surface area contributed by atoms with E-state index in [1.807, 2.05) is 43.7 Å². The fraction of sp³-hybridized carbons (Fsp3) is 0.0556. The second-order valence-electron chi connectivity index (χ2n) is 5.62. The van der Waals surface area contributed by atoms with Crippen LogP contribution in [-0.2, 0) is 7.05 Å².